The summed E-state index contributed by atoms with van der Waals surface area (Å²) in [5.74, 6) is -0.0142. The first kappa shape index (κ1) is 28.4. The summed E-state index contributed by atoms with van der Waals surface area (Å²) in [4.78, 5) is 15.2. The van der Waals surface area contributed by atoms with Gasteiger partial charge >= 0.3 is 0 Å². The van der Waals surface area contributed by atoms with Crippen LogP contribution >= 0.6 is 11.6 Å². The largest absolute Gasteiger partial charge is 0.392 e. The van der Waals surface area contributed by atoms with E-state index in [-0.39, 0.29) is 30.1 Å². The van der Waals surface area contributed by atoms with Crippen LogP contribution in [0.15, 0.2) is 24.3 Å². The van der Waals surface area contributed by atoms with Crippen molar-refractivity contribution in [3.63, 3.8) is 0 Å². The number of aliphatic hydroxyl groups excluding tert-OH is 1. The molecule has 1 aliphatic carbocycles. The van der Waals surface area contributed by atoms with Gasteiger partial charge in [0.1, 0.15) is 0 Å². The van der Waals surface area contributed by atoms with Gasteiger partial charge in [-0.15, -0.1) is 0 Å². The maximum Gasteiger partial charge on any atom is 0.223 e. The highest BCUT2D eigenvalue weighted by Gasteiger charge is 2.41. The first-order chi connectivity index (χ1) is 16.9. The molecule has 4 N–H and O–H groups in total. The van der Waals surface area contributed by atoms with E-state index < -0.39 is 11.7 Å². The molecule has 1 amide bonds. The second-order valence-electron chi connectivity index (χ2n) is 10.7. The number of nitrogens with two attached hydrogens (primary N) is 1. The van der Waals surface area contributed by atoms with Gasteiger partial charge in [0.2, 0.25) is 5.91 Å². The highest BCUT2D eigenvalue weighted by atomic mass is 35.5. The number of benzene rings is 1. The first-order valence-electron chi connectivity index (χ1n) is 13.5. The number of nitrogens with zero attached hydrogens (tertiary/aromatic N) is 1. The third kappa shape index (κ3) is 7.65. The van der Waals surface area contributed by atoms with Gasteiger partial charge in [-0.3, -0.25) is 4.79 Å². The van der Waals surface area contributed by atoms with E-state index in [1.54, 1.807) is 7.11 Å². The summed E-state index contributed by atoms with van der Waals surface area (Å²) in [5.41, 5.74) is 5.78. The van der Waals surface area contributed by atoms with E-state index in [0.29, 0.717) is 37.7 Å². The third-order valence-electron chi connectivity index (χ3n) is 8.29. The zero-order valence-corrected chi connectivity index (χ0v) is 22.1. The van der Waals surface area contributed by atoms with Crippen LogP contribution in [-0.2, 0) is 15.1 Å². The summed E-state index contributed by atoms with van der Waals surface area (Å²) in [6.07, 6.45) is 9.29. The fourth-order valence-electron chi connectivity index (χ4n) is 6.13. The molecule has 1 aromatic rings. The van der Waals surface area contributed by atoms with Gasteiger partial charge in [0.25, 0.3) is 0 Å². The summed E-state index contributed by atoms with van der Waals surface area (Å²) < 4.78 is 5.20. The molecular formula is C28H45ClN2O4. The summed E-state index contributed by atoms with van der Waals surface area (Å²) in [6.45, 7) is 2.15. The molecule has 1 heterocycles. The lowest BCUT2D eigenvalue weighted by Crippen LogP contribution is -2.49. The molecule has 1 aliphatic heterocycles. The van der Waals surface area contributed by atoms with E-state index in [1.807, 2.05) is 29.2 Å². The number of hydrogen-bond acceptors (Lipinski definition) is 5. The van der Waals surface area contributed by atoms with Crippen LogP contribution in [0.3, 0.4) is 0 Å². The molecule has 6 nitrogen and oxygen atoms in total. The summed E-state index contributed by atoms with van der Waals surface area (Å²) in [6, 6.07) is 7.48. The van der Waals surface area contributed by atoms with E-state index in [9.17, 15) is 15.0 Å². The number of hydrogen-bond donors (Lipinski definition) is 3. The third-order valence-corrected chi connectivity index (χ3v) is 8.52. The fraction of sp³-hybridized carbons (Fsp3) is 0.750. The van der Waals surface area contributed by atoms with Crippen LogP contribution in [-0.4, -0.2) is 60.5 Å². The minimum absolute atomic E-state index is 0.0350. The van der Waals surface area contributed by atoms with E-state index in [0.717, 1.165) is 56.9 Å². The number of halogens is 1. The number of rotatable bonds is 12. The molecule has 1 aromatic carbocycles. The summed E-state index contributed by atoms with van der Waals surface area (Å²) >= 11 is 6.29. The van der Waals surface area contributed by atoms with Crippen molar-refractivity contribution in [2.75, 3.05) is 33.4 Å². The van der Waals surface area contributed by atoms with E-state index in [2.05, 4.69) is 0 Å². The summed E-state index contributed by atoms with van der Waals surface area (Å²) in [5, 5.41) is 23.6. The number of aliphatic hydroxyl groups is 2. The van der Waals surface area contributed by atoms with Crippen molar-refractivity contribution in [1.29, 1.82) is 0 Å². The SMILES string of the molecule is COCCCC[C@@](O)(c1cccc(Cl)c1)[C@@H]1CCCN(C(=O)C[C@H](CN)[C@@H](O)C2CCCCC2)C1. The lowest BCUT2D eigenvalue weighted by Gasteiger charge is -2.43. The molecule has 0 bridgehead atoms. The molecule has 4 atom stereocenters. The van der Waals surface area contributed by atoms with Crippen LogP contribution in [0, 0.1) is 17.8 Å². The Morgan fingerprint density at radius 1 is 1.23 bits per heavy atom. The molecule has 7 heteroatoms. The molecule has 2 aliphatic rings. The zero-order chi connectivity index (χ0) is 25.3. The van der Waals surface area contributed by atoms with Crippen molar-refractivity contribution < 1.29 is 19.7 Å². The number of likely N-dealkylation sites (tertiary alicyclic amines) is 1. The Hall–Kier alpha value is -1.18. The molecule has 0 unspecified atom stereocenters. The molecule has 1 saturated heterocycles. The first-order valence-corrected chi connectivity index (χ1v) is 13.9. The maximum atomic E-state index is 13.4. The van der Waals surface area contributed by atoms with Gasteiger partial charge in [0.05, 0.1) is 11.7 Å². The van der Waals surface area contributed by atoms with Crippen molar-refractivity contribution in [2.24, 2.45) is 23.5 Å². The van der Waals surface area contributed by atoms with Crippen LogP contribution in [0.1, 0.15) is 76.2 Å². The van der Waals surface area contributed by atoms with Gasteiger partial charge in [-0.05, 0) is 75.1 Å². The quantitative estimate of drug-likeness (QED) is 0.361. The number of piperidine rings is 1. The molecule has 2 fully saturated rings. The smallest absolute Gasteiger partial charge is 0.223 e. The molecule has 3 rings (SSSR count). The average molecular weight is 509 g/mol. The average Bonchev–Trinajstić information content (AvgIpc) is 2.89. The highest BCUT2D eigenvalue weighted by molar-refractivity contribution is 6.30. The van der Waals surface area contributed by atoms with Crippen LogP contribution < -0.4 is 5.73 Å². The van der Waals surface area contributed by atoms with Gasteiger partial charge in [-0.1, -0.05) is 43.0 Å². The lowest BCUT2D eigenvalue weighted by molar-refractivity contribution is -0.139. The zero-order valence-electron chi connectivity index (χ0n) is 21.3. The van der Waals surface area contributed by atoms with Crippen LogP contribution in [0.4, 0.5) is 0 Å². The van der Waals surface area contributed by atoms with E-state index in [4.69, 9.17) is 22.1 Å². The maximum absolute atomic E-state index is 13.4. The molecule has 198 valence electrons. The number of amides is 1. The van der Waals surface area contributed by atoms with E-state index in [1.165, 1.54) is 6.42 Å². The second-order valence-corrected chi connectivity index (χ2v) is 11.1. The Kier molecular flexibility index (Phi) is 11.3. The predicted octanol–water partition coefficient (Wildman–Crippen LogP) is 4.49. The topological polar surface area (TPSA) is 96.0 Å². The minimum Gasteiger partial charge on any atom is -0.392 e. The van der Waals surface area contributed by atoms with Crippen molar-refractivity contribution in [3.05, 3.63) is 34.9 Å². The van der Waals surface area contributed by atoms with Crippen LogP contribution in [0.2, 0.25) is 5.02 Å². The molecule has 0 aromatic heterocycles. The van der Waals surface area contributed by atoms with Gasteiger partial charge in [-0.2, -0.15) is 0 Å². The monoisotopic (exact) mass is 508 g/mol. The van der Waals surface area contributed by atoms with Gasteiger partial charge in [0, 0.05) is 50.1 Å². The van der Waals surface area contributed by atoms with Crippen molar-refractivity contribution in [1.82, 2.24) is 4.90 Å². The minimum atomic E-state index is -1.06. The van der Waals surface area contributed by atoms with Crippen molar-refractivity contribution in [2.45, 2.75) is 82.3 Å². The Labute approximate surface area is 216 Å². The van der Waals surface area contributed by atoms with Gasteiger partial charge in [-0.25, -0.2) is 0 Å². The number of ether oxygens (including phenoxy) is 1. The highest BCUT2D eigenvalue weighted by Crippen LogP contribution is 2.41. The van der Waals surface area contributed by atoms with E-state index >= 15 is 0 Å². The second kappa shape index (κ2) is 13.9. The Morgan fingerprint density at radius 3 is 2.69 bits per heavy atom. The molecule has 1 saturated carbocycles. The molecule has 35 heavy (non-hydrogen) atoms. The number of unbranched alkanes of at least 4 members (excludes halogenated alkanes) is 1. The standard InChI is InChI=1S/C28H45ClN2O4/c1-35-16-6-5-14-28(34,23-11-7-13-25(29)18-23)24-12-8-15-31(20-24)26(32)17-22(19-30)27(33)21-9-3-2-4-10-21/h7,11,13,18,21-22,24,27,33-34H,2-6,8-10,12,14-17,19-20,30H2,1H3/t22-,24-,27+,28-/m1/s1. The number of carbonyl (C=O) groups is 1. The predicted molar refractivity (Wildman–Crippen MR) is 140 cm³/mol. The Morgan fingerprint density at radius 2 is 2.00 bits per heavy atom. The van der Waals surface area contributed by atoms with Gasteiger partial charge in [0.15, 0.2) is 0 Å². The Balaban J connectivity index is 1.69. The van der Waals surface area contributed by atoms with Gasteiger partial charge < -0.3 is 25.6 Å². The molecule has 0 radical (unpaired) electrons. The molecular weight excluding hydrogens is 464 g/mol. The van der Waals surface area contributed by atoms with Crippen LogP contribution in [0.25, 0.3) is 0 Å². The van der Waals surface area contributed by atoms with Crippen molar-refractivity contribution >= 4 is 17.5 Å². The Bertz CT molecular complexity index is 788. The van der Waals surface area contributed by atoms with Crippen molar-refractivity contribution in [3.8, 4) is 0 Å². The number of methoxy groups -OCH3 is 1. The summed E-state index contributed by atoms with van der Waals surface area (Å²) in [7, 11) is 1.69. The van der Waals surface area contributed by atoms with Crippen LogP contribution in [0.5, 0.6) is 0 Å². The number of carbonyl (C=O) groups excluding carboxylic acids is 1. The fourth-order valence-corrected chi connectivity index (χ4v) is 6.32. The normalized spacial score (nSPS) is 23.0. The molecule has 0 spiro atoms. The lowest BCUT2D eigenvalue weighted by atomic mass is 9.74.